The molecule has 0 atom stereocenters. The van der Waals surface area contributed by atoms with E-state index in [4.69, 9.17) is 37.7 Å². The highest BCUT2D eigenvalue weighted by molar-refractivity contribution is 7.80. The van der Waals surface area contributed by atoms with Crippen LogP contribution in [0.1, 0.15) is 5.76 Å². The molecule has 2 aromatic carbocycles. The lowest BCUT2D eigenvalue weighted by Crippen LogP contribution is -2.32. The number of anilines is 1. The van der Waals surface area contributed by atoms with Crippen molar-refractivity contribution in [3.05, 3.63) is 71.5 Å². The van der Waals surface area contributed by atoms with E-state index in [1.807, 2.05) is 18.2 Å². The fourth-order valence-corrected chi connectivity index (χ4v) is 3.15. The molecule has 0 spiro atoms. The minimum Gasteiger partial charge on any atom is -0.486 e. The van der Waals surface area contributed by atoms with Crippen molar-refractivity contribution >= 4 is 46.6 Å². The summed E-state index contributed by atoms with van der Waals surface area (Å²) < 4.78 is 16.7. The molecule has 0 aliphatic carbocycles. The fraction of sp³-hybridized carbons (Fsp3) is 0.0909. The zero-order valence-electron chi connectivity index (χ0n) is 15.7. The molecule has 2 heterocycles. The van der Waals surface area contributed by atoms with Crippen molar-refractivity contribution in [1.82, 2.24) is 5.32 Å². The minimum absolute atomic E-state index is 0.169. The van der Waals surface area contributed by atoms with E-state index in [0.29, 0.717) is 46.9 Å². The summed E-state index contributed by atoms with van der Waals surface area (Å²) in [5.74, 6) is 2.16. The van der Waals surface area contributed by atoms with Gasteiger partial charge in [0.25, 0.3) is 0 Å². The molecule has 2 N–H and O–H groups in total. The van der Waals surface area contributed by atoms with Gasteiger partial charge in [-0.25, -0.2) is 0 Å². The van der Waals surface area contributed by atoms with E-state index in [2.05, 4.69) is 10.6 Å². The summed E-state index contributed by atoms with van der Waals surface area (Å²) in [6.45, 7) is 1.02. The number of carbonyl (C=O) groups excluding carboxylic acids is 1. The fourth-order valence-electron chi connectivity index (χ4n) is 2.81. The highest BCUT2D eigenvalue weighted by atomic mass is 35.5. The zero-order chi connectivity index (χ0) is 20.9. The number of hydrogen-bond acceptors (Lipinski definition) is 5. The van der Waals surface area contributed by atoms with Crippen LogP contribution in [0.3, 0.4) is 0 Å². The molecule has 0 fully saturated rings. The summed E-state index contributed by atoms with van der Waals surface area (Å²) in [6, 6.07) is 16.3. The number of hydrogen-bond donors (Lipinski definition) is 2. The lowest BCUT2D eigenvalue weighted by atomic mass is 10.2. The van der Waals surface area contributed by atoms with Crippen LogP contribution in [0.25, 0.3) is 17.4 Å². The van der Waals surface area contributed by atoms with Crippen LogP contribution in [0.2, 0.25) is 5.02 Å². The molecule has 4 rings (SSSR count). The van der Waals surface area contributed by atoms with Gasteiger partial charge in [0.15, 0.2) is 16.6 Å². The molecule has 0 unspecified atom stereocenters. The molecule has 0 radical (unpaired) electrons. The van der Waals surface area contributed by atoms with E-state index in [1.54, 1.807) is 42.5 Å². The van der Waals surface area contributed by atoms with E-state index in [1.165, 1.54) is 6.08 Å². The van der Waals surface area contributed by atoms with Crippen LogP contribution in [-0.4, -0.2) is 24.2 Å². The number of halogens is 1. The van der Waals surface area contributed by atoms with Crippen molar-refractivity contribution in [1.29, 1.82) is 0 Å². The molecule has 30 heavy (non-hydrogen) atoms. The Bertz CT molecular complexity index is 1110. The summed E-state index contributed by atoms with van der Waals surface area (Å²) in [4.78, 5) is 12.1. The van der Waals surface area contributed by atoms with Crippen LogP contribution in [0.5, 0.6) is 11.5 Å². The quantitative estimate of drug-likeness (QED) is 0.444. The van der Waals surface area contributed by atoms with Crippen molar-refractivity contribution in [2.45, 2.75) is 0 Å². The number of fused-ring (bicyclic) bond motifs is 1. The second-order valence-electron chi connectivity index (χ2n) is 6.34. The Morgan fingerprint density at radius 3 is 2.57 bits per heavy atom. The smallest absolute Gasteiger partial charge is 0.250 e. The highest BCUT2D eigenvalue weighted by Crippen LogP contribution is 2.32. The molecule has 0 bridgehead atoms. The van der Waals surface area contributed by atoms with Gasteiger partial charge in [-0.1, -0.05) is 11.6 Å². The average Bonchev–Trinajstić information content (AvgIpc) is 3.22. The normalized spacial score (nSPS) is 12.6. The van der Waals surface area contributed by atoms with Gasteiger partial charge in [0.1, 0.15) is 24.7 Å². The van der Waals surface area contributed by atoms with Gasteiger partial charge in [0.05, 0.1) is 0 Å². The molecule has 8 heteroatoms. The van der Waals surface area contributed by atoms with Gasteiger partial charge in [-0.15, -0.1) is 0 Å². The van der Waals surface area contributed by atoms with Crippen LogP contribution in [0, 0.1) is 0 Å². The lowest BCUT2D eigenvalue weighted by Gasteiger charge is -2.19. The summed E-state index contributed by atoms with van der Waals surface area (Å²) in [7, 11) is 0. The Morgan fingerprint density at radius 2 is 1.77 bits per heavy atom. The van der Waals surface area contributed by atoms with Gasteiger partial charge in [-0.2, -0.15) is 0 Å². The minimum atomic E-state index is -0.380. The second kappa shape index (κ2) is 9.02. The van der Waals surface area contributed by atoms with E-state index in [-0.39, 0.29) is 11.0 Å². The maximum absolute atomic E-state index is 12.1. The predicted molar refractivity (Wildman–Crippen MR) is 120 cm³/mol. The van der Waals surface area contributed by atoms with Crippen molar-refractivity contribution in [3.63, 3.8) is 0 Å². The first-order valence-corrected chi connectivity index (χ1v) is 9.91. The Labute approximate surface area is 183 Å². The Kier molecular flexibility index (Phi) is 6.02. The van der Waals surface area contributed by atoms with Crippen molar-refractivity contribution < 1.29 is 18.7 Å². The average molecular weight is 441 g/mol. The summed E-state index contributed by atoms with van der Waals surface area (Å²) in [6.07, 6.45) is 2.92. The van der Waals surface area contributed by atoms with Crippen LogP contribution < -0.4 is 20.1 Å². The monoisotopic (exact) mass is 440 g/mol. The van der Waals surface area contributed by atoms with E-state index in [9.17, 15) is 4.79 Å². The van der Waals surface area contributed by atoms with E-state index in [0.717, 1.165) is 5.56 Å². The molecule has 0 saturated carbocycles. The van der Waals surface area contributed by atoms with Crippen LogP contribution in [-0.2, 0) is 4.79 Å². The largest absolute Gasteiger partial charge is 0.486 e. The summed E-state index contributed by atoms with van der Waals surface area (Å²) in [5, 5.41) is 6.36. The van der Waals surface area contributed by atoms with E-state index >= 15 is 0 Å². The van der Waals surface area contributed by atoms with Gasteiger partial charge in [-0.05, 0) is 66.8 Å². The number of thiocarbonyl (C=S) groups is 1. The molecular weight excluding hydrogens is 424 g/mol. The lowest BCUT2D eigenvalue weighted by molar-refractivity contribution is -0.115. The van der Waals surface area contributed by atoms with Gasteiger partial charge < -0.3 is 19.2 Å². The first-order chi connectivity index (χ1) is 14.6. The van der Waals surface area contributed by atoms with Gasteiger partial charge in [0.2, 0.25) is 5.91 Å². The first kappa shape index (κ1) is 20.0. The number of amides is 1. The molecule has 1 aromatic heterocycles. The molecule has 1 amide bonds. The molecule has 6 nitrogen and oxygen atoms in total. The maximum Gasteiger partial charge on any atom is 0.250 e. The number of carbonyl (C=O) groups is 1. The number of benzene rings is 2. The van der Waals surface area contributed by atoms with Crippen molar-refractivity contribution in [2.75, 3.05) is 18.5 Å². The third-order valence-electron chi connectivity index (χ3n) is 4.19. The van der Waals surface area contributed by atoms with Gasteiger partial charge in [-0.3, -0.25) is 10.1 Å². The summed E-state index contributed by atoms with van der Waals surface area (Å²) >= 11 is 11.1. The number of nitrogens with one attached hydrogen (secondary N) is 2. The Hall–Kier alpha value is -3.29. The number of furan rings is 1. The van der Waals surface area contributed by atoms with E-state index < -0.39 is 0 Å². The highest BCUT2D eigenvalue weighted by Gasteiger charge is 2.12. The second-order valence-corrected chi connectivity index (χ2v) is 7.19. The maximum atomic E-state index is 12.1. The zero-order valence-corrected chi connectivity index (χ0v) is 17.3. The standard InChI is InChI=1S/C22H17ClN2O4S/c23-15-3-1-14(2-4-15)18-9-6-17(29-18)7-10-21(26)25-22(30)24-16-5-8-19-20(13-16)28-12-11-27-19/h1-10,13H,11-12H2,(H2,24,25,26,30). The molecule has 3 aromatic rings. The molecule has 1 aliphatic heterocycles. The first-order valence-electron chi connectivity index (χ1n) is 9.12. The SMILES string of the molecule is O=C(C=Cc1ccc(-c2ccc(Cl)cc2)o1)NC(=S)Nc1ccc2c(c1)OCCO2. The topological polar surface area (TPSA) is 72.7 Å². The third kappa shape index (κ3) is 5.00. The summed E-state index contributed by atoms with van der Waals surface area (Å²) in [5.41, 5.74) is 1.58. The molecule has 0 saturated heterocycles. The van der Waals surface area contributed by atoms with Crippen LogP contribution >= 0.6 is 23.8 Å². The predicted octanol–water partition coefficient (Wildman–Crippen LogP) is 4.90. The van der Waals surface area contributed by atoms with Gasteiger partial charge in [0, 0.05) is 28.4 Å². The number of ether oxygens (including phenoxy) is 2. The number of rotatable bonds is 4. The third-order valence-corrected chi connectivity index (χ3v) is 4.65. The molecule has 1 aliphatic rings. The van der Waals surface area contributed by atoms with Crippen molar-refractivity contribution in [3.8, 4) is 22.8 Å². The Morgan fingerprint density at radius 1 is 1.00 bits per heavy atom. The molecule has 152 valence electrons. The van der Waals surface area contributed by atoms with Crippen LogP contribution in [0.15, 0.2) is 65.1 Å². The van der Waals surface area contributed by atoms with Crippen molar-refractivity contribution in [2.24, 2.45) is 0 Å². The van der Waals surface area contributed by atoms with Crippen LogP contribution in [0.4, 0.5) is 5.69 Å². The Balaban J connectivity index is 1.32. The molecular formula is C22H17ClN2O4S. The van der Waals surface area contributed by atoms with Gasteiger partial charge >= 0.3 is 0 Å².